The Hall–Kier alpha value is -0.610. The van der Waals surface area contributed by atoms with Crippen LogP contribution < -0.4 is 11.1 Å². The Morgan fingerprint density at radius 2 is 2.36 bits per heavy atom. The lowest BCUT2D eigenvalue weighted by Gasteiger charge is -2.12. The van der Waals surface area contributed by atoms with Crippen LogP contribution in [-0.2, 0) is 9.53 Å². The van der Waals surface area contributed by atoms with E-state index in [4.69, 9.17) is 10.5 Å². The van der Waals surface area contributed by atoms with Crippen LogP contribution >= 0.6 is 0 Å². The first-order chi connectivity index (χ1) is 6.68. The maximum absolute atomic E-state index is 10.3. The summed E-state index contributed by atoms with van der Waals surface area (Å²) in [6.45, 7) is 3.56. The van der Waals surface area contributed by atoms with Crippen LogP contribution in [0.1, 0.15) is 26.2 Å². The molecule has 0 radical (unpaired) electrons. The fourth-order valence-electron chi connectivity index (χ4n) is 1.49. The predicted molar refractivity (Wildman–Crippen MR) is 54.8 cm³/mol. The van der Waals surface area contributed by atoms with Crippen LogP contribution in [0.4, 0.5) is 0 Å². The summed E-state index contributed by atoms with van der Waals surface area (Å²) >= 11 is 0. The molecule has 0 aromatic carbocycles. The number of hydrogen-bond donors (Lipinski definition) is 2. The van der Waals surface area contributed by atoms with Gasteiger partial charge in [0.1, 0.15) is 6.61 Å². The fourth-order valence-corrected chi connectivity index (χ4v) is 1.49. The van der Waals surface area contributed by atoms with E-state index in [0.717, 1.165) is 12.5 Å². The van der Waals surface area contributed by atoms with Gasteiger partial charge in [0, 0.05) is 12.6 Å². The lowest BCUT2D eigenvalue weighted by atomic mass is 10.2. The summed E-state index contributed by atoms with van der Waals surface area (Å²) < 4.78 is 5.03. The summed E-state index contributed by atoms with van der Waals surface area (Å²) in [6, 6.07) is 0.555. The number of carbonyl (C=O) groups is 1. The van der Waals surface area contributed by atoms with Crippen LogP contribution in [0.25, 0.3) is 0 Å². The van der Waals surface area contributed by atoms with Gasteiger partial charge in [0.25, 0.3) is 0 Å². The van der Waals surface area contributed by atoms with Crippen molar-refractivity contribution in [1.82, 2.24) is 5.32 Å². The van der Waals surface area contributed by atoms with E-state index < -0.39 is 5.91 Å². The number of rotatable bonds is 8. The average Bonchev–Trinajstić information content (AvgIpc) is 2.87. The molecule has 1 aliphatic carbocycles. The SMILES string of the molecule is CC(CC1CC1)NCCOCC(N)=O. The first-order valence-corrected chi connectivity index (χ1v) is 5.28. The molecule has 0 aromatic rings. The van der Waals surface area contributed by atoms with E-state index in [2.05, 4.69) is 12.2 Å². The first kappa shape index (κ1) is 11.5. The highest BCUT2D eigenvalue weighted by Crippen LogP contribution is 2.33. The van der Waals surface area contributed by atoms with Gasteiger partial charge < -0.3 is 15.8 Å². The predicted octanol–water partition coefficient (Wildman–Crippen LogP) is 0.267. The van der Waals surface area contributed by atoms with Crippen molar-refractivity contribution in [3.05, 3.63) is 0 Å². The zero-order valence-corrected chi connectivity index (χ0v) is 8.79. The van der Waals surface area contributed by atoms with Crippen molar-refractivity contribution < 1.29 is 9.53 Å². The third-order valence-electron chi connectivity index (χ3n) is 2.37. The maximum Gasteiger partial charge on any atom is 0.243 e. The second-order valence-electron chi connectivity index (χ2n) is 4.05. The molecule has 0 saturated heterocycles. The molecule has 0 aliphatic heterocycles. The molecule has 1 rings (SSSR count). The number of nitrogens with one attached hydrogen (secondary N) is 1. The molecule has 1 unspecified atom stereocenters. The van der Waals surface area contributed by atoms with Gasteiger partial charge in [0.15, 0.2) is 0 Å². The zero-order valence-electron chi connectivity index (χ0n) is 8.79. The van der Waals surface area contributed by atoms with Crippen molar-refractivity contribution >= 4 is 5.91 Å². The minimum absolute atomic E-state index is 0.0265. The third-order valence-corrected chi connectivity index (χ3v) is 2.37. The van der Waals surface area contributed by atoms with E-state index in [9.17, 15) is 4.79 Å². The van der Waals surface area contributed by atoms with Crippen LogP contribution in [0.15, 0.2) is 0 Å². The van der Waals surface area contributed by atoms with Gasteiger partial charge in [-0.1, -0.05) is 12.8 Å². The Labute approximate surface area is 85.2 Å². The number of amides is 1. The van der Waals surface area contributed by atoms with Crippen molar-refractivity contribution in [2.45, 2.75) is 32.2 Å². The molecule has 0 spiro atoms. The van der Waals surface area contributed by atoms with Gasteiger partial charge in [0.05, 0.1) is 6.61 Å². The van der Waals surface area contributed by atoms with E-state index in [0.29, 0.717) is 12.6 Å². The quantitative estimate of drug-likeness (QED) is 0.553. The summed E-state index contributed by atoms with van der Waals surface area (Å²) in [5.74, 6) is 0.542. The molecule has 1 fully saturated rings. The highest BCUT2D eigenvalue weighted by atomic mass is 16.5. The Morgan fingerprint density at radius 3 is 2.93 bits per heavy atom. The molecule has 0 aromatic heterocycles. The fraction of sp³-hybridized carbons (Fsp3) is 0.900. The number of ether oxygens (including phenoxy) is 1. The standard InChI is InChI=1S/C10H20N2O2/c1-8(6-9-2-3-9)12-4-5-14-7-10(11)13/h8-9,12H,2-7H2,1H3,(H2,11,13). The molecule has 1 aliphatic rings. The molecule has 0 bridgehead atoms. The Morgan fingerprint density at radius 1 is 1.64 bits per heavy atom. The largest absolute Gasteiger partial charge is 0.370 e. The highest BCUT2D eigenvalue weighted by Gasteiger charge is 2.22. The molecular formula is C10H20N2O2. The molecule has 82 valence electrons. The monoisotopic (exact) mass is 200 g/mol. The average molecular weight is 200 g/mol. The molecule has 0 heterocycles. The van der Waals surface area contributed by atoms with Crippen molar-refractivity contribution in [2.24, 2.45) is 11.7 Å². The van der Waals surface area contributed by atoms with Crippen molar-refractivity contribution in [3.63, 3.8) is 0 Å². The number of carbonyl (C=O) groups excluding carboxylic acids is 1. The van der Waals surface area contributed by atoms with E-state index in [1.807, 2.05) is 0 Å². The molecule has 3 N–H and O–H groups in total. The molecular weight excluding hydrogens is 180 g/mol. The van der Waals surface area contributed by atoms with Crippen molar-refractivity contribution in [1.29, 1.82) is 0 Å². The molecule has 1 atom stereocenters. The Kier molecular flexibility index (Phi) is 4.90. The van der Waals surface area contributed by atoms with Crippen LogP contribution in [0.3, 0.4) is 0 Å². The van der Waals surface area contributed by atoms with Gasteiger partial charge in [-0.25, -0.2) is 0 Å². The molecule has 14 heavy (non-hydrogen) atoms. The second kappa shape index (κ2) is 5.98. The van der Waals surface area contributed by atoms with Gasteiger partial charge in [-0.15, -0.1) is 0 Å². The van der Waals surface area contributed by atoms with Crippen LogP contribution in [0.2, 0.25) is 0 Å². The summed E-state index contributed by atoms with van der Waals surface area (Å²) in [6.07, 6.45) is 4.05. The number of primary amides is 1. The topological polar surface area (TPSA) is 64.3 Å². The molecule has 4 nitrogen and oxygen atoms in total. The van der Waals surface area contributed by atoms with Crippen LogP contribution in [-0.4, -0.2) is 31.7 Å². The van der Waals surface area contributed by atoms with Gasteiger partial charge >= 0.3 is 0 Å². The Bertz CT molecular complexity index is 181. The Balaban J connectivity index is 1.84. The van der Waals surface area contributed by atoms with Crippen molar-refractivity contribution in [2.75, 3.05) is 19.8 Å². The lowest BCUT2D eigenvalue weighted by Crippen LogP contribution is -2.30. The normalized spacial score (nSPS) is 18.1. The van der Waals surface area contributed by atoms with E-state index in [1.54, 1.807) is 0 Å². The van der Waals surface area contributed by atoms with Crippen LogP contribution in [0, 0.1) is 5.92 Å². The molecule has 1 amide bonds. The first-order valence-electron chi connectivity index (χ1n) is 5.28. The van der Waals surface area contributed by atoms with Gasteiger partial charge in [-0.2, -0.15) is 0 Å². The van der Waals surface area contributed by atoms with Gasteiger partial charge in [0.2, 0.25) is 5.91 Å². The number of hydrogen-bond acceptors (Lipinski definition) is 3. The highest BCUT2D eigenvalue weighted by molar-refractivity contribution is 5.74. The summed E-state index contributed by atoms with van der Waals surface area (Å²) in [4.78, 5) is 10.3. The minimum atomic E-state index is -0.406. The van der Waals surface area contributed by atoms with E-state index in [1.165, 1.54) is 19.3 Å². The van der Waals surface area contributed by atoms with Crippen LogP contribution in [0.5, 0.6) is 0 Å². The van der Waals surface area contributed by atoms with Gasteiger partial charge in [-0.05, 0) is 19.3 Å². The van der Waals surface area contributed by atoms with Gasteiger partial charge in [-0.3, -0.25) is 4.79 Å². The van der Waals surface area contributed by atoms with Crippen molar-refractivity contribution in [3.8, 4) is 0 Å². The second-order valence-corrected chi connectivity index (χ2v) is 4.05. The van der Waals surface area contributed by atoms with E-state index in [-0.39, 0.29) is 6.61 Å². The summed E-state index contributed by atoms with van der Waals surface area (Å²) in [7, 11) is 0. The zero-order chi connectivity index (χ0) is 10.4. The molecule has 1 saturated carbocycles. The smallest absolute Gasteiger partial charge is 0.243 e. The maximum atomic E-state index is 10.3. The summed E-state index contributed by atoms with van der Waals surface area (Å²) in [5.41, 5.74) is 4.92. The minimum Gasteiger partial charge on any atom is -0.370 e. The number of nitrogens with two attached hydrogens (primary N) is 1. The van der Waals surface area contributed by atoms with E-state index >= 15 is 0 Å². The third kappa shape index (κ3) is 5.94. The summed E-state index contributed by atoms with van der Waals surface area (Å²) in [5, 5.41) is 3.35. The molecule has 4 heteroatoms. The lowest BCUT2D eigenvalue weighted by molar-refractivity contribution is -0.122.